The number of hydrogen-bond donors (Lipinski definition) is 1. The minimum absolute atomic E-state index is 0.135. The summed E-state index contributed by atoms with van der Waals surface area (Å²) in [5.74, 6) is 2.57. The van der Waals surface area contributed by atoms with Crippen molar-refractivity contribution in [2.75, 3.05) is 36.4 Å². The first kappa shape index (κ1) is 17.2. The molecule has 2 heterocycles. The van der Waals surface area contributed by atoms with Crippen molar-refractivity contribution in [3.8, 4) is 0 Å². The summed E-state index contributed by atoms with van der Waals surface area (Å²) >= 11 is 0. The molecular weight excluding hydrogens is 314 g/mol. The number of piperazine rings is 1. The largest absolute Gasteiger partial charge is 0.353 e. The second-order valence-corrected chi connectivity index (χ2v) is 6.52. The average molecular weight is 339 g/mol. The van der Waals surface area contributed by atoms with E-state index < -0.39 is 0 Å². The molecule has 1 aliphatic rings. The van der Waals surface area contributed by atoms with Gasteiger partial charge in [-0.3, -0.25) is 4.79 Å². The molecule has 6 heteroatoms. The zero-order valence-electron chi connectivity index (χ0n) is 15.3. The molecular formula is C19H25N5O. The minimum atomic E-state index is 0.135. The van der Waals surface area contributed by atoms with Crippen LogP contribution in [0, 0.1) is 20.8 Å². The van der Waals surface area contributed by atoms with Crippen molar-refractivity contribution in [3.63, 3.8) is 0 Å². The highest BCUT2D eigenvalue weighted by Crippen LogP contribution is 2.24. The Morgan fingerprint density at radius 1 is 1.08 bits per heavy atom. The molecule has 0 saturated carbocycles. The standard InChI is InChI=1S/C19H25N5O/c1-13-6-5-7-17(14(13)2)22-18-12-19(21-15(3)20-18)24-10-8-23(9-11-24)16(4)25/h5-7,12H,8-11H2,1-4H3,(H,20,21,22). The molecule has 0 atom stereocenters. The maximum atomic E-state index is 11.5. The lowest BCUT2D eigenvalue weighted by Gasteiger charge is -2.35. The number of benzene rings is 1. The Labute approximate surface area is 148 Å². The predicted molar refractivity (Wildman–Crippen MR) is 100 cm³/mol. The van der Waals surface area contributed by atoms with Crippen LogP contribution in [-0.4, -0.2) is 47.0 Å². The SMILES string of the molecule is CC(=O)N1CCN(c2cc(Nc3cccc(C)c3C)nc(C)n2)CC1. The van der Waals surface area contributed by atoms with Crippen LogP contribution in [0.3, 0.4) is 0 Å². The number of aryl methyl sites for hydroxylation is 2. The third kappa shape index (κ3) is 3.90. The Bertz CT molecular complexity index is 781. The number of aromatic nitrogens is 2. The van der Waals surface area contributed by atoms with Crippen LogP contribution in [0.4, 0.5) is 17.3 Å². The zero-order chi connectivity index (χ0) is 18.0. The van der Waals surface area contributed by atoms with Crippen molar-refractivity contribution in [1.82, 2.24) is 14.9 Å². The first-order valence-electron chi connectivity index (χ1n) is 8.63. The summed E-state index contributed by atoms with van der Waals surface area (Å²) in [7, 11) is 0. The van der Waals surface area contributed by atoms with Gasteiger partial charge in [-0.05, 0) is 38.0 Å². The van der Waals surface area contributed by atoms with Crippen LogP contribution in [-0.2, 0) is 4.79 Å². The highest BCUT2D eigenvalue weighted by molar-refractivity contribution is 5.73. The van der Waals surface area contributed by atoms with Gasteiger partial charge in [-0.1, -0.05) is 12.1 Å². The fraction of sp³-hybridized carbons (Fsp3) is 0.421. The molecule has 1 aromatic carbocycles. The van der Waals surface area contributed by atoms with E-state index in [-0.39, 0.29) is 5.91 Å². The van der Waals surface area contributed by atoms with Gasteiger partial charge in [-0.25, -0.2) is 9.97 Å². The average Bonchev–Trinajstić information content (AvgIpc) is 2.58. The fourth-order valence-corrected chi connectivity index (χ4v) is 3.05. The number of anilines is 3. The van der Waals surface area contributed by atoms with Gasteiger partial charge in [0.15, 0.2) is 0 Å². The second kappa shape index (κ2) is 7.09. The number of carbonyl (C=O) groups excluding carboxylic acids is 1. The van der Waals surface area contributed by atoms with Gasteiger partial charge in [-0.15, -0.1) is 0 Å². The van der Waals surface area contributed by atoms with Gasteiger partial charge in [-0.2, -0.15) is 0 Å². The summed E-state index contributed by atoms with van der Waals surface area (Å²) < 4.78 is 0. The minimum Gasteiger partial charge on any atom is -0.353 e. The van der Waals surface area contributed by atoms with Crippen LogP contribution in [0.5, 0.6) is 0 Å². The molecule has 2 aromatic rings. The molecule has 1 saturated heterocycles. The van der Waals surface area contributed by atoms with Gasteiger partial charge >= 0.3 is 0 Å². The van der Waals surface area contributed by atoms with E-state index in [1.165, 1.54) is 11.1 Å². The van der Waals surface area contributed by atoms with Crippen molar-refractivity contribution < 1.29 is 4.79 Å². The van der Waals surface area contributed by atoms with Gasteiger partial charge in [0.05, 0.1) is 0 Å². The molecule has 0 bridgehead atoms. The molecule has 132 valence electrons. The van der Waals surface area contributed by atoms with E-state index in [1.807, 2.05) is 24.0 Å². The Kier molecular flexibility index (Phi) is 4.88. The van der Waals surface area contributed by atoms with Crippen LogP contribution in [0.25, 0.3) is 0 Å². The van der Waals surface area contributed by atoms with E-state index in [0.29, 0.717) is 0 Å². The van der Waals surface area contributed by atoms with Crippen molar-refractivity contribution in [3.05, 3.63) is 41.2 Å². The molecule has 0 spiro atoms. The van der Waals surface area contributed by atoms with E-state index in [4.69, 9.17) is 0 Å². The predicted octanol–water partition coefficient (Wildman–Crippen LogP) is 2.81. The number of hydrogen-bond acceptors (Lipinski definition) is 5. The maximum Gasteiger partial charge on any atom is 0.219 e. The van der Waals surface area contributed by atoms with Gasteiger partial charge in [0, 0.05) is 44.9 Å². The first-order valence-corrected chi connectivity index (χ1v) is 8.63. The lowest BCUT2D eigenvalue weighted by Crippen LogP contribution is -2.48. The van der Waals surface area contributed by atoms with Crippen molar-refractivity contribution >= 4 is 23.2 Å². The number of nitrogens with one attached hydrogen (secondary N) is 1. The van der Waals surface area contributed by atoms with Gasteiger partial charge < -0.3 is 15.1 Å². The van der Waals surface area contributed by atoms with Gasteiger partial charge in [0.1, 0.15) is 17.5 Å². The van der Waals surface area contributed by atoms with Crippen LogP contribution in [0.2, 0.25) is 0 Å². The fourth-order valence-electron chi connectivity index (χ4n) is 3.05. The number of nitrogens with zero attached hydrogens (tertiary/aromatic N) is 4. The highest BCUT2D eigenvalue weighted by atomic mass is 16.2. The summed E-state index contributed by atoms with van der Waals surface area (Å²) in [4.78, 5) is 24.7. The monoisotopic (exact) mass is 339 g/mol. The molecule has 0 unspecified atom stereocenters. The Balaban J connectivity index is 1.79. The summed E-state index contributed by atoms with van der Waals surface area (Å²) in [6, 6.07) is 8.19. The summed E-state index contributed by atoms with van der Waals surface area (Å²) in [6.45, 7) is 10.8. The molecule has 0 radical (unpaired) electrons. The Hall–Kier alpha value is -2.63. The van der Waals surface area contributed by atoms with Crippen molar-refractivity contribution in [2.45, 2.75) is 27.7 Å². The Morgan fingerprint density at radius 2 is 1.80 bits per heavy atom. The maximum absolute atomic E-state index is 11.5. The van der Waals surface area contributed by atoms with E-state index in [1.54, 1.807) is 6.92 Å². The van der Waals surface area contributed by atoms with Gasteiger partial charge in [0.25, 0.3) is 0 Å². The summed E-state index contributed by atoms with van der Waals surface area (Å²) in [5.41, 5.74) is 3.53. The molecule has 3 rings (SSSR count). The molecule has 1 amide bonds. The zero-order valence-corrected chi connectivity index (χ0v) is 15.3. The summed E-state index contributed by atoms with van der Waals surface area (Å²) in [6.07, 6.45) is 0. The summed E-state index contributed by atoms with van der Waals surface area (Å²) in [5, 5.41) is 3.42. The molecule has 0 aliphatic carbocycles. The smallest absolute Gasteiger partial charge is 0.219 e. The Morgan fingerprint density at radius 3 is 2.48 bits per heavy atom. The number of amides is 1. The topological polar surface area (TPSA) is 61.4 Å². The van der Waals surface area contributed by atoms with E-state index >= 15 is 0 Å². The second-order valence-electron chi connectivity index (χ2n) is 6.52. The molecule has 25 heavy (non-hydrogen) atoms. The lowest BCUT2D eigenvalue weighted by atomic mass is 10.1. The highest BCUT2D eigenvalue weighted by Gasteiger charge is 2.20. The first-order chi connectivity index (χ1) is 11.9. The lowest BCUT2D eigenvalue weighted by molar-refractivity contribution is -0.129. The molecule has 1 aliphatic heterocycles. The normalized spacial score (nSPS) is 14.6. The molecule has 6 nitrogen and oxygen atoms in total. The molecule has 1 aromatic heterocycles. The molecule has 1 fully saturated rings. The van der Waals surface area contributed by atoms with E-state index in [9.17, 15) is 4.79 Å². The van der Waals surface area contributed by atoms with Crippen LogP contribution >= 0.6 is 0 Å². The van der Waals surface area contributed by atoms with Gasteiger partial charge in [0.2, 0.25) is 5.91 Å². The van der Waals surface area contributed by atoms with Crippen LogP contribution in [0.1, 0.15) is 23.9 Å². The quantitative estimate of drug-likeness (QED) is 0.932. The van der Waals surface area contributed by atoms with E-state index in [0.717, 1.165) is 49.3 Å². The molecule has 1 N–H and O–H groups in total. The number of carbonyl (C=O) groups is 1. The van der Waals surface area contributed by atoms with Crippen molar-refractivity contribution in [1.29, 1.82) is 0 Å². The number of rotatable bonds is 3. The third-order valence-electron chi connectivity index (χ3n) is 4.74. The van der Waals surface area contributed by atoms with Crippen molar-refractivity contribution in [2.24, 2.45) is 0 Å². The van der Waals surface area contributed by atoms with Crippen LogP contribution < -0.4 is 10.2 Å². The van der Waals surface area contributed by atoms with E-state index in [2.05, 4.69) is 46.2 Å². The third-order valence-corrected chi connectivity index (χ3v) is 4.74. The van der Waals surface area contributed by atoms with Crippen LogP contribution in [0.15, 0.2) is 24.3 Å².